The number of carbonyl (C=O) groups is 2. The lowest BCUT2D eigenvalue weighted by molar-refractivity contribution is 0.0697. The van der Waals surface area contributed by atoms with Crippen molar-refractivity contribution in [3.63, 3.8) is 0 Å². The molecule has 5 rings (SSSR count). The van der Waals surface area contributed by atoms with E-state index in [1.165, 1.54) is 10.9 Å². The fraction of sp³-hybridized carbons (Fsp3) is 0.241. The lowest BCUT2D eigenvalue weighted by atomic mass is 9.87. The second-order valence-electron chi connectivity index (χ2n) is 9.33. The number of carboxylic acids is 1. The van der Waals surface area contributed by atoms with Gasteiger partial charge in [-0.05, 0) is 41.8 Å². The molecule has 1 atom stereocenters. The highest BCUT2D eigenvalue weighted by molar-refractivity contribution is 5.89. The number of carbonyl (C=O) groups excluding carboxylic acids is 1. The summed E-state index contributed by atoms with van der Waals surface area (Å²) in [4.78, 5) is 28.4. The second-order valence-corrected chi connectivity index (χ2v) is 9.33. The molecule has 0 saturated carbocycles. The Hall–Kier alpha value is -4.26. The third kappa shape index (κ3) is 4.06. The Morgan fingerprint density at radius 2 is 1.92 bits per heavy atom. The van der Waals surface area contributed by atoms with E-state index in [9.17, 15) is 14.7 Å². The fourth-order valence-corrected chi connectivity index (χ4v) is 5.31. The van der Waals surface area contributed by atoms with Crippen LogP contribution in [0, 0.1) is 0 Å². The Labute approximate surface area is 210 Å². The standard InChI is InChI=1S/C29H30N4O3/c1-4-19(2)30-14-7-15-32-20(3)24-17-31(29(32)36)18-26-27(24)23-8-5-6-9-25(23)33(26)16-21-10-12-22(13-11-21)28(34)35/h4-6,8-13,24,30H,1-3,7,14-18H2,(H,34,35). The van der Waals surface area contributed by atoms with Gasteiger partial charge in [0.2, 0.25) is 0 Å². The Balaban J connectivity index is 1.46. The number of nitrogens with zero attached hydrogens (tertiary/aromatic N) is 3. The van der Waals surface area contributed by atoms with Gasteiger partial charge in [0.1, 0.15) is 0 Å². The van der Waals surface area contributed by atoms with Crippen molar-refractivity contribution in [2.24, 2.45) is 0 Å². The molecule has 2 aromatic carbocycles. The lowest BCUT2D eigenvalue weighted by Crippen LogP contribution is -2.53. The van der Waals surface area contributed by atoms with Crippen LogP contribution in [0.15, 0.2) is 85.7 Å². The van der Waals surface area contributed by atoms with Crippen molar-refractivity contribution in [2.75, 3.05) is 19.6 Å². The first kappa shape index (κ1) is 23.5. The van der Waals surface area contributed by atoms with Gasteiger partial charge in [0.05, 0.1) is 12.1 Å². The third-order valence-corrected chi connectivity index (χ3v) is 7.16. The molecule has 1 saturated heterocycles. The molecule has 0 radical (unpaired) electrons. The van der Waals surface area contributed by atoms with E-state index in [0.717, 1.165) is 34.6 Å². The summed E-state index contributed by atoms with van der Waals surface area (Å²) in [6.07, 6.45) is 2.46. The molecule has 2 aliphatic rings. The van der Waals surface area contributed by atoms with Crippen molar-refractivity contribution < 1.29 is 14.7 Å². The smallest absolute Gasteiger partial charge is 0.335 e. The molecular weight excluding hydrogens is 452 g/mol. The number of aromatic carboxylic acids is 1. The molecule has 3 heterocycles. The highest BCUT2D eigenvalue weighted by Crippen LogP contribution is 2.44. The van der Waals surface area contributed by atoms with Crippen LogP contribution in [0.5, 0.6) is 0 Å². The normalized spacial score (nSPS) is 16.7. The van der Waals surface area contributed by atoms with Crippen LogP contribution in [0.2, 0.25) is 0 Å². The Morgan fingerprint density at radius 3 is 2.64 bits per heavy atom. The number of hydrogen-bond acceptors (Lipinski definition) is 3. The number of hydrogen-bond donors (Lipinski definition) is 2. The van der Waals surface area contributed by atoms with Crippen molar-refractivity contribution in [3.05, 3.63) is 108 Å². The highest BCUT2D eigenvalue weighted by atomic mass is 16.4. The molecular formula is C29H30N4O3. The molecule has 2 bridgehead atoms. The molecule has 2 aliphatic heterocycles. The van der Waals surface area contributed by atoms with Gasteiger partial charge in [-0.3, -0.25) is 4.90 Å². The quantitative estimate of drug-likeness (QED) is 0.335. The first-order valence-corrected chi connectivity index (χ1v) is 12.1. The Kier molecular flexibility index (Phi) is 6.14. The van der Waals surface area contributed by atoms with E-state index in [1.54, 1.807) is 18.2 Å². The van der Waals surface area contributed by atoms with E-state index < -0.39 is 5.97 Å². The molecule has 7 heteroatoms. The Bertz CT molecular complexity index is 1390. The zero-order chi connectivity index (χ0) is 25.4. The van der Waals surface area contributed by atoms with Crippen LogP contribution in [0.1, 0.15) is 39.5 Å². The Morgan fingerprint density at radius 1 is 1.17 bits per heavy atom. The minimum absolute atomic E-state index is 0.00735. The van der Waals surface area contributed by atoms with E-state index in [2.05, 4.69) is 41.8 Å². The summed E-state index contributed by atoms with van der Waals surface area (Å²) in [5.41, 5.74) is 6.36. The average molecular weight is 483 g/mol. The molecule has 3 aromatic rings. The molecule has 1 aromatic heterocycles. The van der Waals surface area contributed by atoms with Crippen LogP contribution < -0.4 is 5.32 Å². The predicted molar refractivity (Wildman–Crippen MR) is 141 cm³/mol. The van der Waals surface area contributed by atoms with Crippen molar-refractivity contribution in [1.29, 1.82) is 0 Å². The fourth-order valence-electron chi connectivity index (χ4n) is 5.31. The number of fused-ring (bicyclic) bond motifs is 6. The van der Waals surface area contributed by atoms with Gasteiger partial charge in [0, 0.05) is 60.1 Å². The maximum atomic E-state index is 13.4. The molecule has 2 amide bonds. The molecule has 1 fully saturated rings. The van der Waals surface area contributed by atoms with Gasteiger partial charge in [-0.15, -0.1) is 0 Å². The van der Waals surface area contributed by atoms with Crippen LogP contribution in [-0.2, 0) is 13.1 Å². The van der Waals surface area contributed by atoms with E-state index in [0.29, 0.717) is 32.7 Å². The number of para-hydroxylation sites is 1. The van der Waals surface area contributed by atoms with Gasteiger partial charge in [-0.2, -0.15) is 0 Å². The summed E-state index contributed by atoms with van der Waals surface area (Å²) in [7, 11) is 0. The van der Waals surface area contributed by atoms with Gasteiger partial charge >= 0.3 is 12.0 Å². The minimum Gasteiger partial charge on any atom is -0.478 e. The van der Waals surface area contributed by atoms with Crippen molar-refractivity contribution in [3.8, 4) is 0 Å². The van der Waals surface area contributed by atoms with Gasteiger partial charge in [-0.25, -0.2) is 9.59 Å². The number of rotatable bonds is 9. The minimum atomic E-state index is -0.936. The van der Waals surface area contributed by atoms with Crippen LogP contribution in [0.3, 0.4) is 0 Å². The number of urea groups is 1. The SMILES string of the molecule is C=CC(=C)NCCCN1C(=C)C2CN(Cc3c2c2ccccc2n3Cc2ccc(C(=O)O)cc2)C1=O. The topological polar surface area (TPSA) is 77.8 Å². The monoisotopic (exact) mass is 482 g/mol. The number of carboxylic acid groups (broad SMARTS) is 1. The van der Waals surface area contributed by atoms with E-state index in [1.807, 2.05) is 34.1 Å². The van der Waals surface area contributed by atoms with E-state index in [-0.39, 0.29) is 17.5 Å². The number of nitrogens with one attached hydrogen (secondary N) is 1. The number of benzene rings is 2. The first-order chi connectivity index (χ1) is 17.4. The predicted octanol–water partition coefficient (Wildman–Crippen LogP) is 4.92. The average Bonchev–Trinajstić information content (AvgIpc) is 3.20. The van der Waals surface area contributed by atoms with Crippen molar-refractivity contribution >= 4 is 22.9 Å². The van der Waals surface area contributed by atoms with Crippen LogP contribution in [0.25, 0.3) is 10.9 Å². The summed E-state index contributed by atoms with van der Waals surface area (Å²) >= 11 is 0. The van der Waals surface area contributed by atoms with Crippen molar-refractivity contribution in [2.45, 2.75) is 25.4 Å². The van der Waals surface area contributed by atoms with Gasteiger partial charge in [0.15, 0.2) is 0 Å². The molecule has 2 N–H and O–H groups in total. The summed E-state index contributed by atoms with van der Waals surface area (Å²) in [5.74, 6) is -0.906. The molecule has 0 spiro atoms. The number of aromatic nitrogens is 1. The summed E-state index contributed by atoms with van der Waals surface area (Å²) in [6, 6.07) is 15.3. The van der Waals surface area contributed by atoms with Crippen LogP contribution >= 0.6 is 0 Å². The van der Waals surface area contributed by atoms with Crippen molar-refractivity contribution in [1.82, 2.24) is 19.7 Å². The molecule has 36 heavy (non-hydrogen) atoms. The number of allylic oxidation sites excluding steroid dienone is 1. The first-order valence-electron chi connectivity index (χ1n) is 12.1. The van der Waals surface area contributed by atoms with E-state index in [4.69, 9.17) is 0 Å². The third-order valence-electron chi connectivity index (χ3n) is 7.16. The lowest BCUT2D eigenvalue weighted by Gasteiger charge is -2.45. The molecule has 7 nitrogen and oxygen atoms in total. The summed E-state index contributed by atoms with van der Waals surface area (Å²) < 4.78 is 2.26. The van der Waals surface area contributed by atoms with Crippen LogP contribution in [0.4, 0.5) is 4.79 Å². The van der Waals surface area contributed by atoms with Crippen LogP contribution in [-0.4, -0.2) is 51.1 Å². The zero-order valence-corrected chi connectivity index (χ0v) is 20.2. The van der Waals surface area contributed by atoms with Gasteiger partial charge < -0.3 is 19.9 Å². The number of amides is 2. The largest absolute Gasteiger partial charge is 0.478 e. The van der Waals surface area contributed by atoms with E-state index >= 15 is 0 Å². The molecule has 0 aliphatic carbocycles. The maximum Gasteiger partial charge on any atom is 0.335 e. The summed E-state index contributed by atoms with van der Waals surface area (Å²) in [6.45, 7) is 15.0. The zero-order valence-electron chi connectivity index (χ0n) is 20.2. The highest BCUT2D eigenvalue weighted by Gasteiger charge is 2.42. The molecule has 1 unspecified atom stereocenters. The van der Waals surface area contributed by atoms with Gasteiger partial charge in [0.25, 0.3) is 0 Å². The molecule has 184 valence electrons. The summed E-state index contributed by atoms with van der Waals surface area (Å²) in [5, 5.41) is 13.6. The second kappa shape index (κ2) is 9.41. The van der Waals surface area contributed by atoms with Gasteiger partial charge in [-0.1, -0.05) is 50.1 Å². The maximum absolute atomic E-state index is 13.4.